The average molecular weight is 120 g/mol. The van der Waals surface area contributed by atoms with E-state index in [1.165, 1.54) is 0 Å². The summed E-state index contributed by atoms with van der Waals surface area (Å²) in [6.45, 7) is 1.97. The molecule has 0 rings (SSSR count). The van der Waals surface area contributed by atoms with Gasteiger partial charge in [0.05, 0.1) is 0 Å². The molecule has 0 aromatic carbocycles. The normalized spacial score (nSPS) is 9.25. The Balaban J connectivity index is 2.55. The minimum absolute atomic E-state index is 1.88. The molecule has 0 aromatic rings. The van der Waals surface area contributed by atoms with E-state index >= 15 is 0 Å². The van der Waals surface area contributed by atoms with E-state index in [0.29, 0.717) is 0 Å². The van der Waals surface area contributed by atoms with E-state index in [-0.39, 0.29) is 0 Å². The standard InChI is InChI=1S/C3H5Se/c1-2-3-4/h2-3H,1H3. The van der Waals surface area contributed by atoms with Gasteiger partial charge < -0.3 is 0 Å². The van der Waals surface area contributed by atoms with Crippen LogP contribution in [0.3, 0.4) is 0 Å². The molecule has 0 aliphatic heterocycles. The van der Waals surface area contributed by atoms with Gasteiger partial charge in [-0.25, -0.2) is 0 Å². The Bertz CT molecular complexity index is 18.5. The van der Waals surface area contributed by atoms with Crippen molar-refractivity contribution in [2.24, 2.45) is 0 Å². The molecule has 0 atom stereocenters. The second-order valence-electron chi connectivity index (χ2n) is 0.469. The van der Waals surface area contributed by atoms with Crippen molar-refractivity contribution in [1.82, 2.24) is 0 Å². The third kappa shape index (κ3) is 2.26. The molecule has 0 nitrogen and oxygen atoms in total. The van der Waals surface area contributed by atoms with E-state index in [2.05, 4.69) is 16.0 Å². The first-order valence-corrected chi connectivity index (χ1v) is 2.14. The first-order chi connectivity index (χ1) is 1.91. The summed E-state index contributed by atoms with van der Waals surface area (Å²) in [4.78, 5) is 1.88. The molecule has 0 aliphatic rings. The molecule has 0 bridgehead atoms. The van der Waals surface area contributed by atoms with Crippen LogP contribution < -0.4 is 0 Å². The molecule has 0 saturated carbocycles. The van der Waals surface area contributed by atoms with E-state index in [1.807, 2.05) is 18.0 Å². The number of hydrogen-bond donors (Lipinski definition) is 0. The van der Waals surface area contributed by atoms with Crippen LogP contribution in [0.1, 0.15) is 6.92 Å². The maximum absolute atomic E-state index is 2.71. The molecule has 0 heterocycles. The molecule has 0 aromatic heterocycles. The van der Waals surface area contributed by atoms with Crippen LogP contribution in [0.2, 0.25) is 0 Å². The van der Waals surface area contributed by atoms with Crippen LogP contribution in [0.4, 0.5) is 0 Å². The molecule has 0 amide bonds. The van der Waals surface area contributed by atoms with Gasteiger partial charge >= 0.3 is 34.0 Å². The topological polar surface area (TPSA) is 0 Å². The quantitative estimate of drug-likeness (QED) is 0.412. The molecule has 4 heavy (non-hydrogen) atoms. The molecular weight excluding hydrogens is 115 g/mol. The van der Waals surface area contributed by atoms with Crippen molar-refractivity contribution in [1.29, 1.82) is 0 Å². The van der Waals surface area contributed by atoms with Crippen LogP contribution in [-0.2, 0) is 0 Å². The summed E-state index contributed by atoms with van der Waals surface area (Å²) in [7, 11) is 0. The van der Waals surface area contributed by atoms with Crippen molar-refractivity contribution in [3.05, 3.63) is 11.1 Å². The van der Waals surface area contributed by atoms with Gasteiger partial charge in [-0.2, -0.15) is 0 Å². The van der Waals surface area contributed by atoms with E-state index in [0.717, 1.165) is 0 Å². The molecule has 0 saturated heterocycles. The van der Waals surface area contributed by atoms with Crippen molar-refractivity contribution >= 4 is 16.0 Å². The van der Waals surface area contributed by atoms with Crippen LogP contribution in [-0.4, -0.2) is 16.0 Å². The second kappa shape index (κ2) is 3.26. The van der Waals surface area contributed by atoms with Crippen LogP contribution in [0.15, 0.2) is 11.1 Å². The first kappa shape index (κ1) is 4.26. The van der Waals surface area contributed by atoms with Crippen molar-refractivity contribution in [3.8, 4) is 0 Å². The number of rotatable bonds is 0. The van der Waals surface area contributed by atoms with E-state index in [4.69, 9.17) is 0 Å². The molecule has 0 spiro atoms. The zero-order chi connectivity index (χ0) is 3.41. The van der Waals surface area contributed by atoms with Crippen LogP contribution >= 0.6 is 0 Å². The van der Waals surface area contributed by atoms with Crippen LogP contribution in [0.5, 0.6) is 0 Å². The SMILES string of the molecule is CC=C[Se]. The monoisotopic (exact) mass is 121 g/mol. The Morgan fingerprint density at radius 1 is 1.75 bits per heavy atom. The predicted octanol–water partition coefficient (Wildman–Crippen LogP) is 0.689. The van der Waals surface area contributed by atoms with Gasteiger partial charge in [0, 0.05) is 0 Å². The van der Waals surface area contributed by atoms with Gasteiger partial charge in [-0.3, -0.25) is 0 Å². The first-order valence-electron chi connectivity index (χ1n) is 1.15. The fourth-order valence-electron chi connectivity index (χ4n) is 0. The Kier molecular flexibility index (Phi) is 3.47. The summed E-state index contributed by atoms with van der Waals surface area (Å²) in [5, 5.41) is 0. The summed E-state index contributed by atoms with van der Waals surface area (Å²) < 4.78 is 0. The molecule has 0 N–H and O–H groups in total. The van der Waals surface area contributed by atoms with Gasteiger partial charge in [0.15, 0.2) is 0 Å². The number of hydrogen-bond acceptors (Lipinski definition) is 0. The molecule has 0 aliphatic carbocycles. The third-order valence-electron chi connectivity index (χ3n) is 0.136. The van der Waals surface area contributed by atoms with Gasteiger partial charge in [0.2, 0.25) is 0 Å². The zero-order valence-electron chi connectivity index (χ0n) is 2.56. The van der Waals surface area contributed by atoms with E-state index in [1.54, 1.807) is 0 Å². The second-order valence-corrected chi connectivity index (χ2v) is 1.04. The van der Waals surface area contributed by atoms with E-state index in [9.17, 15) is 0 Å². The summed E-state index contributed by atoms with van der Waals surface area (Å²) in [6, 6.07) is 0. The predicted molar refractivity (Wildman–Crippen MR) is 20.6 cm³/mol. The fraction of sp³-hybridized carbons (Fsp3) is 0.333. The number of allylic oxidation sites excluding steroid dienone is 1. The van der Waals surface area contributed by atoms with Crippen molar-refractivity contribution in [2.75, 3.05) is 0 Å². The molecule has 23 valence electrons. The van der Waals surface area contributed by atoms with Gasteiger partial charge in [0.25, 0.3) is 0 Å². The van der Waals surface area contributed by atoms with Gasteiger partial charge in [-0.15, -0.1) is 0 Å². The Morgan fingerprint density at radius 2 is 2.00 bits per heavy atom. The summed E-state index contributed by atoms with van der Waals surface area (Å²) in [6.07, 6.45) is 1.94. The van der Waals surface area contributed by atoms with Crippen molar-refractivity contribution in [3.63, 3.8) is 0 Å². The Labute approximate surface area is 34.7 Å². The maximum atomic E-state index is 2.71. The molecule has 1 radical (unpaired) electrons. The summed E-state index contributed by atoms with van der Waals surface area (Å²) in [5.41, 5.74) is 0. The molecule has 0 fully saturated rings. The average Bonchev–Trinajstić information content (AvgIpc) is 1.37. The third-order valence-corrected chi connectivity index (χ3v) is 0.707. The molecule has 1 heteroatoms. The molecule has 0 unspecified atom stereocenters. The van der Waals surface area contributed by atoms with Gasteiger partial charge in [-0.1, -0.05) is 0 Å². The van der Waals surface area contributed by atoms with Gasteiger partial charge in [0.1, 0.15) is 0 Å². The van der Waals surface area contributed by atoms with Crippen molar-refractivity contribution in [2.45, 2.75) is 6.92 Å². The van der Waals surface area contributed by atoms with E-state index < -0.39 is 0 Å². The zero-order valence-corrected chi connectivity index (χ0v) is 4.28. The van der Waals surface area contributed by atoms with Crippen LogP contribution in [0.25, 0.3) is 0 Å². The van der Waals surface area contributed by atoms with Gasteiger partial charge in [-0.05, 0) is 0 Å². The fourth-order valence-corrected chi connectivity index (χ4v) is 0. The van der Waals surface area contributed by atoms with Crippen molar-refractivity contribution < 1.29 is 0 Å². The van der Waals surface area contributed by atoms with Crippen LogP contribution in [0, 0.1) is 0 Å². The summed E-state index contributed by atoms with van der Waals surface area (Å²) in [5.74, 6) is 0. The Hall–Kier alpha value is 0.259. The minimum atomic E-state index is 1.88. The summed E-state index contributed by atoms with van der Waals surface area (Å²) >= 11 is 2.71. The Morgan fingerprint density at radius 3 is 2.00 bits per heavy atom. The molecular formula is C3H5Se.